The van der Waals surface area contributed by atoms with Gasteiger partial charge in [-0.2, -0.15) is 0 Å². The third-order valence-corrected chi connectivity index (χ3v) is 4.39. The van der Waals surface area contributed by atoms with E-state index in [1.165, 1.54) is 6.07 Å². The lowest BCUT2D eigenvalue weighted by Crippen LogP contribution is -2.13. The Bertz CT molecular complexity index is 960. The molecule has 1 N–H and O–H groups in total. The fraction of sp³-hybridized carbons (Fsp3) is 0.250. The largest absolute Gasteiger partial charge is 0.392 e. The maximum absolute atomic E-state index is 14.6. The smallest absolute Gasteiger partial charge is 0.189 e. The van der Waals surface area contributed by atoms with Crippen molar-refractivity contribution in [3.8, 4) is 11.1 Å². The molecule has 3 nitrogen and oxygen atoms in total. The van der Waals surface area contributed by atoms with Crippen LogP contribution in [-0.2, 0) is 19.6 Å². The van der Waals surface area contributed by atoms with Gasteiger partial charge in [-0.05, 0) is 42.7 Å². The van der Waals surface area contributed by atoms with Crippen molar-refractivity contribution < 1.29 is 9.50 Å². The molecule has 0 radical (unpaired) electrons. The van der Waals surface area contributed by atoms with Crippen molar-refractivity contribution in [1.29, 1.82) is 0 Å². The Labute approximate surface area is 140 Å². The third-order valence-electron chi connectivity index (χ3n) is 4.39. The molecule has 0 atom stereocenters. The number of nitrogens with zero attached hydrogens (tertiary/aromatic N) is 1. The molecule has 0 bridgehead atoms. The molecule has 0 amide bonds. The van der Waals surface area contributed by atoms with E-state index in [9.17, 15) is 14.3 Å². The van der Waals surface area contributed by atoms with Crippen molar-refractivity contribution in [1.82, 2.24) is 4.57 Å². The summed E-state index contributed by atoms with van der Waals surface area (Å²) in [5, 5.41) is 9.69. The quantitative estimate of drug-likeness (QED) is 0.791. The molecular weight excluding hydrogens is 305 g/mol. The highest BCUT2D eigenvalue weighted by atomic mass is 19.1. The SMILES string of the molecule is CCc1cc(=O)c2cc(F)c(-c3cccc(CO)c3)cc2n1CC. The van der Waals surface area contributed by atoms with Gasteiger partial charge in [0.05, 0.1) is 12.1 Å². The van der Waals surface area contributed by atoms with Gasteiger partial charge in [0.2, 0.25) is 0 Å². The first-order valence-electron chi connectivity index (χ1n) is 8.15. The van der Waals surface area contributed by atoms with Gasteiger partial charge in [-0.3, -0.25) is 4.79 Å². The molecule has 0 fully saturated rings. The van der Waals surface area contributed by atoms with E-state index in [4.69, 9.17) is 0 Å². The standard InChI is InChI=1S/C20H20FNO2/c1-3-15-9-20(24)17-10-18(21)16(11-19(17)22(15)4-2)14-7-5-6-13(8-14)12-23/h5-11,23H,3-4,12H2,1-2H3. The Balaban J connectivity index is 2.34. The molecule has 0 unspecified atom stereocenters. The number of aryl methyl sites for hydroxylation is 2. The number of pyridine rings is 1. The number of hydrogen-bond donors (Lipinski definition) is 1. The molecule has 0 aliphatic carbocycles. The number of aliphatic hydroxyl groups excluding tert-OH is 1. The number of halogens is 1. The Morgan fingerprint density at radius 2 is 1.92 bits per heavy atom. The third kappa shape index (κ3) is 2.74. The molecular formula is C20H20FNO2. The molecule has 0 saturated carbocycles. The molecule has 24 heavy (non-hydrogen) atoms. The van der Waals surface area contributed by atoms with Crippen LogP contribution in [0.25, 0.3) is 22.0 Å². The zero-order valence-electron chi connectivity index (χ0n) is 13.8. The molecule has 0 spiro atoms. The van der Waals surface area contributed by atoms with Gasteiger partial charge in [-0.15, -0.1) is 0 Å². The van der Waals surface area contributed by atoms with Crippen LogP contribution >= 0.6 is 0 Å². The Morgan fingerprint density at radius 1 is 1.12 bits per heavy atom. The van der Waals surface area contributed by atoms with Crippen molar-refractivity contribution in [2.75, 3.05) is 0 Å². The lowest BCUT2D eigenvalue weighted by Gasteiger charge is -2.16. The average molecular weight is 325 g/mol. The first-order chi connectivity index (χ1) is 11.6. The minimum Gasteiger partial charge on any atom is -0.392 e. The fourth-order valence-electron chi connectivity index (χ4n) is 3.17. The van der Waals surface area contributed by atoms with Gasteiger partial charge in [0.1, 0.15) is 5.82 Å². The molecule has 2 aromatic carbocycles. The van der Waals surface area contributed by atoms with Gasteiger partial charge in [0.15, 0.2) is 5.43 Å². The summed E-state index contributed by atoms with van der Waals surface area (Å²) in [4.78, 5) is 12.3. The minimum absolute atomic E-state index is 0.0946. The minimum atomic E-state index is -0.429. The maximum Gasteiger partial charge on any atom is 0.189 e. The number of rotatable bonds is 4. The van der Waals surface area contributed by atoms with Crippen molar-refractivity contribution in [3.63, 3.8) is 0 Å². The first kappa shape index (κ1) is 16.4. The van der Waals surface area contributed by atoms with E-state index in [0.29, 0.717) is 23.1 Å². The summed E-state index contributed by atoms with van der Waals surface area (Å²) in [6.45, 7) is 4.63. The van der Waals surface area contributed by atoms with Crippen LogP contribution in [0.3, 0.4) is 0 Å². The van der Waals surface area contributed by atoms with Gasteiger partial charge < -0.3 is 9.67 Å². The Kier molecular flexibility index (Phi) is 4.49. The summed E-state index contributed by atoms with van der Waals surface area (Å²) in [6.07, 6.45) is 0.742. The lowest BCUT2D eigenvalue weighted by molar-refractivity contribution is 0.282. The van der Waals surface area contributed by atoms with Gasteiger partial charge >= 0.3 is 0 Å². The second-order valence-electron chi connectivity index (χ2n) is 5.81. The normalized spacial score (nSPS) is 11.2. The summed E-state index contributed by atoms with van der Waals surface area (Å²) in [6, 6.07) is 11.8. The summed E-state index contributed by atoms with van der Waals surface area (Å²) >= 11 is 0. The summed E-state index contributed by atoms with van der Waals surface area (Å²) in [5.41, 5.74) is 3.39. The van der Waals surface area contributed by atoms with Gasteiger partial charge in [-0.25, -0.2) is 4.39 Å². The van der Waals surface area contributed by atoms with E-state index in [0.717, 1.165) is 23.2 Å². The molecule has 124 valence electrons. The van der Waals surface area contributed by atoms with E-state index >= 15 is 0 Å². The average Bonchev–Trinajstić information content (AvgIpc) is 2.61. The molecule has 0 aliphatic rings. The van der Waals surface area contributed by atoms with E-state index in [2.05, 4.69) is 4.57 Å². The maximum atomic E-state index is 14.6. The number of aliphatic hydroxyl groups is 1. The highest BCUT2D eigenvalue weighted by Crippen LogP contribution is 2.28. The van der Waals surface area contributed by atoms with Crippen LogP contribution in [0.2, 0.25) is 0 Å². The van der Waals surface area contributed by atoms with Crippen molar-refractivity contribution in [3.05, 3.63) is 69.8 Å². The Morgan fingerprint density at radius 3 is 2.58 bits per heavy atom. The Hall–Kier alpha value is -2.46. The summed E-state index contributed by atoms with van der Waals surface area (Å²) < 4.78 is 16.7. The van der Waals surface area contributed by atoms with E-state index < -0.39 is 5.82 Å². The van der Waals surface area contributed by atoms with Gasteiger partial charge in [0, 0.05) is 29.3 Å². The van der Waals surface area contributed by atoms with Crippen molar-refractivity contribution in [2.45, 2.75) is 33.4 Å². The predicted molar refractivity (Wildman–Crippen MR) is 94.6 cm³/mol. The summed E-state index contributed by atoms with van der Waals surface area (Å²) in [7, 11) is 0. The zero-order valence-corrected chi connectivity index (χ0v) is 13.8. The second-order valence-corrected chi connectivity index (χ2v) is 5.81. The molecule has 0 aliphatic heterocycles. The van der Waals surface area contributed by atoms with Crippen LogP contribution in [0.4, 0.5) is 4.39 Å². The second kappa shape index (κ2) is 6.57. The monoisotopic (exact) mass is 325 g/mol. The van der Waals surface area contributed by atoms with Crippen LogP contribution in [0.5, 0.6) is 0 Å². The van der Waals surface area contributed by atoms with E-state index in [1.54, 1.807) is 30.3 Å². The van der Waals surface area contributed by atoms with Gasteiger partial charge in [-0.1, -0.05) is 25.1 Å². The summed E-state index contributed by atoms with van der Waals surface area (Å²) in [5.74, 6) is -0.429. The van der Waals surface area contributed by atoms with Crippen molar-refractivity contribution in [2.24, 2.45) is 0 Å². The van der Waals surface area contributed by atoms with Crippen LogP contribution in [-0.4, -0.2) is 9.67 Å². The molecule has 1 heterocycles. The number of benzene rings is 2. The van der Waals surface area contributed by atoms with E-state index in [-0.39, 0.29) is 12.0 Å². The van der Waals surface area contributed by atoms with Crippen LogP contribution in [0, 0.1) is 5.82 Å². The highest BCUT2D eigenvalue weighted by molar-refractivity contribution is 5.85. The molecule has 4 heteroatoms. The highest BCUT2D eigenvalue weighted by Gasteiger charge is 2.13. The first-order valence-corrected chi connectivity index (χ1v) is 8.15. The van der Waals surface area contributed by atoms with Crippen LogP contribution in [0.15, 0.2) is 47.3 Å². The molecule has 3 aromatic rings. The molecule has 0 saturated heterocycles. The molecule has 3 rings (SSSR count). The molecule has 1 aromatic heterocycles. The van der Waals surface area contributed by atoms with Gasteiger partial charge in [0.25, 0.3) is 0 Å². The number of fused-ring (bicyclic) bond motifs is 1. The lowest BCUT2D eigenvalue weighted by atomic mass is 10.00. The topological polar surface area (TPSA) is 42.2 Å². The zero-order chi connectivity index (χ0) is 17.3. The fourth-order valence-corrected chi connectivity index (χ4v) is 3.17. The number of aromatic nitrogens is 1. The van der Waals surface area contributed by atoms with Crippen molar-refractivity contribution >= 4 is 10.9 Å². The predicted octanol–water partition coefficient (Wildman–Crippen LogP) is 3.88. The number of hydrogen-bond acceptors (Lipinski definition) is 2. The van der Waals surface area contributed by atoms with E-state index in [1.807, 2.05) is 19.9 Å². The van der Waals surface area contributed by atoms with Crippen LogP contribution < -0.4 is 5.43 Å². The van der Waals surface area contributed by atoms with Crippen LogP contribution in [0.1, 0.15) is 25.1 Å².